The number of ketones is 1. The van der Waals surface area contributed by atoms with E-state index in [1.54, 1.807) is 0 Å². The number of hydrogen-bond donors (Lipinski definition) is 0. The molecule has 4 fully saturated rings. The lowest BCUT2D eigenvalue weighted by Gasteiger charge is -2.61. The van der Waals surface area contributed by atoms with Crippen LogP contribution in [0.3, 0.4) is 0 Å². The summed E-state index contributed by atoms with van der Waals surface area (Å²) in [5.74, 6) is 6.23. The molecule has 3 heteroatoms. The SMILES string of the molecule is CC(C)CCC[C@H](C)[C@H]1CC[C@H]2[C@@H]3CC[C@H]4[C@@H](Br)C(=O)[C@@H](Br)C[C@]4(C)[C@H]3CC[C@]12C. The molecule has 172 valence electrons. The first-order valence-corrected chi connectivity index (χ1v) is 14.7. The highest BCUT2D eigenvalue weighted by Gasteiger charge is 2.62. The van der Waals surface area contributed by atoms with Crippen molar-refractivity contribution in [1.29, 1.82) is 0 Å². The largest absolute Gasteiger partial charge is 0.297 e. The molecule has 4 aliphatic rings. The van der Waals surface area contributed by atoms with Crippen LogP contribution in [0.2, 0.25) is 0 Å². The van der Waals surface area contributed by atoms with E-state index in [0.29, 0.717) is 22.5 Å². The first-order valence-electron chi connectivity index (χ1n) is 12.9. The molecule has 30 heavy (non-hydrogen) atoms. The number of carbonyl (C=O) groups is 1. The Morgan fingerprint density at radius 2 is 1.57 bits per heavy atom. The highest BCUT2D eigenvalue weighted by Crippen LogP contribution is 2.68. The van der Waals surface area contributed by atoms with Gasteiger partial charge >= 0.3 is 0 Å². The van der Waals surface area contributed by atoms with Crippen LogP contribution in [0.5, 0.6) is 0 Å². The Kier molecular flexibility index (Phi) is 6.95. The molecule has 0 spiro atoms. The lowest BCUT2D eigenvalue weighted by atomic mass is 9.44. The average Bonchev–Trinajstić information content (AvgIpc) is 3.03. The zero-order valence-corrected chi connectivity index (χ0v) is 23.1. The van der Waals surface area contributed by atoms with Crippen molar-refractivity contribution in [3.05, 3.63) is 0 Å². The van der Waals surface area contributed by atoms with Crippen LogP contribution in [-0.4, -0.2) is 15.4 Å². The maximum atomic E-state index is 12.7. The lowest BCUT2D eigenvalue weighted by molar-refractivity contribution is -0.137. The Labute approximate surface area is 202 Å². The van der Waals surface area contributed by atoms with Crippen molar-refractivity contribution in [2.45, 2.75) is 108 Å². The maximum Gasteiger partial charge on any atom is 0.160 e. The third kappa shape index (κ3) is 3.82. The first kappa shape index (κ1) is 23.8. The topological polar surface area (TPSA) is 17.1 Å². The van der Waals surface area contributed by atoms with Crippen LogP contribution in [-0.2, 0) is 4.79 Å². The lowest BCUT2D eigenvalue weighted by Crippen LogP contribution is -2.58. The Hall–Kier alpha value is 0.630. The van der Waals surface area contributed by atoms with Gasteiger partial charge in [0, 0.05) is 0 Å². The molecule has 0 bridgehead atoms. The van der Waals surface area contributed by atoms with Gasteiger partial charge in [0.2, 0.25) is 0 Å². The highest BCUT2D eigenvalue weighted by atomic mass is 79.9. The van der Waals surface area contributed by atoms with E-state index in [0.717, 1.165) is 41.9 Å². The summed E-state index contributed by atoms with van der Waals surface area (Å²) in [4.78, 5) is 12.8. The molecule has 4 rings (SSSR count). The van der Waals surface area contributed by atoms with Crippen LogP contribution in [0.1, 0.15) is 98.8 Å². The van der Waals surface area contributed by atoms with Gasteiger partial charge in [-0.1, -0.05) is 85.7 Å². The summed E-state index contributed by atoms with van der Waals surface area (Å²) in [6, 6.07) is 0. The second kappa shape index (κ2) is 8.77. The van der Waals surface area contributed by atoms with E-state index >= 15 is 0 Å². The minimum atomic E-state index is 0.0486. The molecular weight excluding hydrogens is 500 g/mol. The van der Waals surface area contributed by atoms with Gasteiger partial charge in [-0.15, -0.1) is 0 Å². The molecule has 10 atom stereocenters. The minimum absolute atomic E-state index is 0.0486. The quantitative estimate of drug-likeness (QED) is 0.318. The fourth-order valence-corrected chi connectivity index (χ4v) is 11.7. The molecule has 0 heterocycles. The molecule has 0 N–H and O–H groups in total. The van der Waals surface area contributed by atoms with Gasteiger partial charge in [-0.2, -0.15) is 0 Å². The number of halogens is 2. The molecule has 0 unspecified atom stereocenters. The Bertz CT molecular complexity index is 647. The molecule has 4 saturated carbocycles. The summed E-state index contributed by atoms with van der Waals surface area (Å²) in [6.07, 6.45) is 13.6. The van der Waals surface area contributed by atoms with Crippen molar-refractivity contribution in [1.82, 2.24) is 0 Å². The number of carbonyl (C=O) groups excluding carboxylic acids is 1. The van der Waals surface area contributed by atoms with Crippen molar-refractivity contribution < 1.29 is 4.79 Å². The zero-order chi connectivity index (χ0) is 21.8. The molecule has 0 radical (unpaired) electrons. The molecule has 1 nitrogen and oxygen atoms in total. The van der Waals surface area contributed by atoms with Crippen molar-refractivity contribution in [3.8, 4) is 0 Å². The summed E-state index contributed by atoms with van der Waals surface area (Å²) in [5, 5.41) is 0. The van der Waals surface area contributed by atoms with Gasteiger partial charge in [-0.05, 0) is 97.2 Å². The number of rotatable bonds is 5. The van der Waals surface area contributed by atoms with E-state index in [-0.39, 0.29) is 9.65 Å². The van der Waals surface area contributed by atoms with Gasteiger partial charge < -0.3 is 0 Å². The summed E-state index contributed by atoms with van der Waals surface area (Å²) in [7, 11) is 0. The van der Waals surface area contributed by atoms with Crippen LogP contribution in [0.15, 0.2) is 0 Å². The summed E-state index contributed by atoms with van der Waals surface area (Å²) >= 11 is 7.60. The summed E-state index contributed by atoms with van der Waals surface area (Å²) in [6.45, 7) is 12.5. The third-order valence-corrected chi connectivity index (χ3v) is 12.6. The van der Waals surface area contributed by atoms with E-state index in [1.165, 1.54) is 57.8 Å². The van der Waals surface area contributed by atoms with Crippen LogP contribution in [0.4, 0.5) is 0 Å². The number of Topliss-reactive ketones (excluding diaryl/α,β-unsaturated/α-hetero) is 1. The second-order valence-corrected chi connectivity index (χ2v) is 14.7. The van der Waals surface area contributed by atoms with Gasteiger partial charge in [0.15, 0.2) is 5.78 Å². The van der Waals surface area contributed by atoms with Gasteiger partial charge in [-0.3, -0.25) is 4.79 Å². The van der Waals surface area contributed by atoms with Gasteiger partial charge in [0.05, 0.1) is 9.65 Å². The van der Waals surface area contributed by atoms with Crippen LogP contribution >= 0.6 is 31.9 Å². The molecule has 0 aromatic rings. The highest BCUT2D eigenvalue weighted by molar-refractivity contribution is 9.10. The fraction of sp³-hybridized carbons (Fsp3) is 0.963. The van der Waals surface area contributed by atoms with Gasteiger partial charge in [0.1, 0.15) is 0 Å². The van der Waals surface area contributed by atoms with Crippen LogP contribution in [0.25, 0.3) is 0 Å². The number of fused-ring (bicyclic) bond motifs is 5. The number of hydrogen-bond acceptors (Lipinski definition) is 1. The van der Waals surface area contributed by atoms with E-state index in [1.807, 2.05) is 0 Å². The molecule has 0 aliphatic heterocycles. The van der Waals surface area contributed by atoms with Crippen molar-refractivity contribution in [3.63, 3.8) is 0 Å². The molecule has 0 saturated heterocycles. The predicted octanol–water partition coefficient (Wildman–Crippen LogP) is 8.42. The smallest absolute Gasteiger partial charge is 0.160 e. The van der Waals surface area contributed by atoms with Crippen molar-refractivity contribution in [2.75, 3.05) is 0 Å². The zero-order valence-electron chi connectivity index (χ0n) is 19.9. The van der Waals surface area contributed by atoms with Gasteiger partial charge in [0.25, 0.3) is 0 Å². The van der Waals surface area contributed by atoms with E-state index < -0.39 is 0 Å². The Morgan fingerprint density at radius 3 is 2.27 bits per heavy atom. The first-order chi connectivity index (χ1) is 14.1. The molecular formula is C27H44Br2O. The standard InChI is InChI=1S/C27H44Br2O/c1-16(2)7-6-8-17(3)19-11-12-20-18-9-10-22-24(29)25(30)23(28)15-27(22,5)21(18)13-14-26(19,20)4/h16-24H,6-15H2,1-5H3/t17-,18-,19+,20-,21-,22-,23-,24+,26+,27+/m0/s1. The number of alkyl halides is 2. The van der Waals surface area contributed by atoms with E-state index in [4.69, 9.17) is 0 Å². The average molecular weight is 544 g/mol. The fourth-order valence-electron chi connectivity index (χ4n) is 9.15. The molecule has 4 aliphatic carbocycles. The van der Waals surface area contributed by atoms with Crippen molar-refractivity contribution in [2.24, 2.45) is 52.3 Å². The molecule has 0 aromatic carbocycles. The Balaban J connectivity index is 1.50. The monoisotopic (exact) mass is 542 g/mol. The van der Waals surface area contributed by atoms with E-state index in [2.05, 4.69) is 66.5 Å². The third-order valence-electron chi connectivity index (χ3n) is 10.7. The minimum Gasteiger partial charge on any atom is -0.297 e. The van der Waals surface area contributed by atoms with Crippen molar-refractivity contribution >= 4 is 37.6 Å². The second-order valence-electron chi connectivity index (χ2n) is 12.6. The normalized spacial score (nSPS) is 49.5. The Morgan fingerprint density at radius 1 is 0.900 bits per heavy atom. The van der Waals surface area contributed by atoms with Crippen LogP contribution < -0.4 is 0 Å². The molecule has 0 amide bonds. The van der Waals surface area contributed by atoms with E-state index in [9.17, 15) is 4.79 Å². The summed E-state index contributed by atoms with van der Waals surface area (Å²) in [5.41, 5.74) is 0.884. The van der Waals surface area contributed by atoms with Gasteiger partial charge in [-0.25, -0.2) is 0 Å². The maximum absolute atomic E-state index is 12.7. The van der Waals surface area contributed by atoms with Crippen LogP contribution in [0, 0.1) is 52.3 Å². The summed E-state index contributed by atoms with van der Waals surface area (Å²) < 4.78 is 0. The molecule has 0 aromatic heterocycles. The predicted molar refractivity (Wildman–Crippen MR) is 134 cm³/mol.